The van der Waals surface area contributed by atoms with Crippen molar-refractivity contribution in [2.45, 2.75) is 61.9 Å². The van der Waals surface area contributed by atoms with Gasteiger partial charge in [-0.05, 0) is 49.6 Å². The summed E-state index contributed by atoms with van der Waals surface area (Å²) in [6.45, 7) is -0.751. The normalized spacial score (nSPS) is 28.2. The molecule has 2 fully saturated rings. The van der Waals surface area contributed by atoms with Crippen molar-refractivity contribution < 1.29 is 43.1 Å². The van der Waals surface area contributed by atoms with E-state index in [1.54, 1.807) is 0 Å². The van der Waals surface area contributed by atoms with Crippen molar-refractivity contribution in [2.75, 3.05) is 11.5 Å². The number of aliphatic hydroxyl groups excluding tert-OH is 4. The Kier molecular flexibility index (Phi) is 8.58. The van der Waals surface area contributed by atoms with Crippen molar-refractivity contribution in [3.8, 4) is 11.3 Å². The number of rotatable bonds is 6. The van der Waals surface area contributed by atoms with Crippen LogP contribution in [0.3, 0.4) is 0 Å². The summed E-state index contributed by atoms with van der Waals surface area (Å²) in [4.78, 5) is 15.3. The molecule has 0 spiro atoms. The lowest BCUT2D eigenvalue weighted by molar-refractivity contribution is -0.205. The van der Waals surface area contributed by atoms with E-state index in [9.17, 15) is 38.4 Å². The topological polar surface area (TPSA) is 141 Å². The second-order valence-corrected chi connectivity index (χ2v) is 10.9. The number of anilines is 1. The van der Waals surface area contributed by atoms with Crippen molar-refractivity contribution in [1.29, 1.82) is 0 Å². The summed E-state index contributed by atoms with van der Waals surface area (Å²) in [6, 6.07) is 3.65. The third-order valence-corrected chi connectivity index (χ3v) is 7.81. The van der Waals surface area contributed by atoms with E-state index in [1.807, 2.05) is 0 Å². The fraction of sp³-hybridized carbons (Fsp3) is 0.423. The number of benzene rings is 2. The van der Waals surface area contributed by atoms with Gasteiger partial charge in [0.2, 0.25) is 0 Å². The van der Waals surface area contributed by atoms with Gasteiger partial charge in [-0.3, -0.25) is 4.79 Å². The maximum absolute atomic E-state index is 14.1. The Labute approximate surface area is 241 Å². The largest absolute Gasteiger partial charge is 0.394 e. The number of aromatic nitrogens is 3. The summed E-state index contributed by atoms with van der Waals surface area (Å²) in [7, 11) is 0. The summed E-state index contributed by atoms with van der Waals surface area (Å²) in [5, 5.41) is 51.0. The predicted octanol–water partition coefficient (Wildman–Crippen LogP) is 2.64. The van der Waals surface area contributed by atoms with Crippen LogP contribution in [-0.4, -0.2) is 84.5 Å². The second-order valence-electron chi connectivity index (χ2n) is 9.99. The summed E-state index contributed by atoms with van der Waals surface area (Å²) < 4.78 is 47.7. The zero-order valence-electron chi connectivity index (χ0n) is 21.1. The molecule has 4 N–H and O–H groups in total. The Balaban J connectivity index is 1.51. The summed E-state index contributed by atoms with van der Waals surface area (Å²) in [5.74, 6) is -5.38. The third-order valence-electron chi connectivity index (χ3n) is 7.37. The molecule has 2 heterocycles. The van der Waals surface area contributed by atoms with Crippen LogP contribution in [-0.2, 0) is 9.53 Å². The van der Waals surface area contributed by atoms with E-state index >= 15 is 0 Å². The van der Waals surface area contributed by atoms with Gasteiger partial charge in [0.1, 0.15) is 30.0 Å². The third kappa shape index (κ3) is 5.67. The first kappa shape index (κ1) is 29.7. The molecule has 1 aliphatic heterocycles. The van der Waals surface area contributed by atoms with E-state index in [0.29, 0.717) is 31.4 Å². The molecule has 5 unspecified atom stereocenters. The van der Waals surface area contributed by atoms with Gasteiger partial charge in [-0.25, -0.2) is 17.9 Å². The molecule has 2 aromatic carbocycles. The van der Waals surface area contributed by atoms with Crippen LogP contribution in [0.25, 0.3) is 11.3 Å². The number of halogens is 5. The van der Waals surface area contributed by atoms with Crippen LogP contribution in [0.1, 0.15) is 25.3 Å². The molecular weight excluding hydrogens is 592 g/mol. The fourth-order valence-electron chi connectivity index (χ4n) is 5.40. The highest BCUT2D eigenvalue weighted by Crippen LogP contribution is 2.37. The molecule has 0 bridgehead atoms. The number of hydrogen-bond donors (Lipinski definition) is 4. The predicted molar refractivity (Wildman–Crippen MR) is 140 cm³/mol. The van der Waals surface area contributed by atoms with Gasteiger partial charge in [0.05, 0.1) is 24.9 Å². The minimum Gasteiger partial charge on any atom is -0.394 e. The van der Waals surface area contributed by atoms with Gasteiger partial charge in [0.25, 0.3) is 5.91 Å². The van der Waals surface area contributed by atoms with Crippen molar-refractivity contribution in [3.05, 3.63) is 64.0 Å². The molecule has 1 amide bonds. The Morgan fingerprint density at radius 2 is 1.68 bits per heavy atom. The smallest absolute Gasteiger partial charge is 0.259 e. The van der Waals surface area contributed by atoms with Crippen molar-refractivity contribution >= 4 is 34.8 Å². The zero-order chi connectivity index (χ0) is 29.6. The first-order valence-electron chi connectivity index (χ1n) is 12.7. The number of carbonyl (C=O) groups is 1. The highest BCUT2D eigenvalue weighted by Gasteiger charge is 2.51. The van der Waals surface area contributed by atoms with Gasteiger partial charge >= 0.3 is 0 Å². The van der Waals surface area contributed by atoms with E-state index in [4.69, 9.17) is 27.9 Å². The minimum atomic E-state index is -1.78. The molecule has 1 aliphatic carbocycles. The lowest BCUT2D eigenvalue weighted by atomic mass is 9.91. The fourth-order valence-corrected chi connectivity index (χ4v) is 5.91. The molecule has 7 atom stereocenters. The number of ether oxygens (including phenoxy) is 1. The van der Waals surface area contributed by atoms with Gasteiger partial charge in [0, 0.05) is 21.3 Å². The number of hydrogen-bond acceptors (Lipinski definition) is 8. The summed E-state index contributed by atoms with van der Waals surface area (Å²) >= 11 is 12.4. The van der Waals surface area contributed by atoms with Gasteiger partial charge in [0.15, 0.2) is 23.6 Å². The number of nitrogens with zero attached hydrogens (tertiary/aromatic N) is 4. The molecular formula is C26H25Cl2F3N4O6. The summed E-state index contributed by atoms with van der Waals surface area (Å²) in [5.41, 5.74) is -0.0588. The SMILES string of the molecule is O=C(C1OC(CO)C(O)C(n2cc(-c3cc(F)c(F)c(F)c3)nn2)C1O)N(c1cc(Cl)cc(Cl)c1)[C@H]1CCC[C@@H]1O. The molecule has 2 aliphatic rings. The average Bonchev–Trinajstić information content (AvgIpc) is 3.56. The number of aliphatic hydroxyl groups is 4. The van der Waals surface area contributed by atoms with E-state index in [2.05, 4.69) is 10.3 Å². The van der Waals surface area contributed by atoms with E-state index < -0.39 is 72.6 Å². The molecule has 220 valence electrons. The Morgan fingerprint density at radius 1 is 1.02 bits per heavy atom. The van der Waals surface area contributed by atoms with Crippen LogP contribution in [0.2, 0.25) is 10.0 Å². The van der Waals surface area contributed by atoms with Gasteiger partial charge in [-0.1, -0.05) is 28.4 Å². The Hall–Kier alpha value is -2.78. The molecule has 5 rings (SSSR count). The monoisotopic (exact) mass is 616 g/mol. The Bertz CT molecular complexity index is 1400. The first-order chi connectivity index (χ1) is 19.5. The van der Waals surface area contributed by atoms with Crippen molar-refractivity contribution in [1.82, 2.24) is 15.0 Å². The second kappa shape index (κ2) is 11.8. The molecule has 1 saturated carbocycles. The van der Waals surface area contributed by atoms with E-state index in [0.717, 1.165) is 10.9 Å². The van der Waals surface area contributed by atoms with Crippen LogP contribution < -0.4 is 4.90 Å². The van der Waals surface area contributed by atoms with Crippen LogP contribution in [0.5, 0.6) is 0 Å². The highest BCUT2D eigenvalue weighted by atomic mass is 35.5. The van der Waals surface area contributed by atoms with Crippen molar-refractivity contribution in [3.63, 3.8) is 0 Å². The molecule has 1 saturated heterocycles. The molecule has 10 nitrogen and oxygen atoms in total. The van der Waals surface area contributed by atoms with E-state index in [1.165, 1.54) is 23.1 Å². The van der Waals surface area contributed by atoms with Crippen LogP contribution in [0.15, 0.2) is 36.5 Å². The quantitative estimate of drug-likeness (QED) is 0.310. The zero-order valence-corrected chi connectivity index (χ0v) is 22.6. The van der Waals surface area contributed by atoms with Gasteiger partial charge in [-0.15, -0.1) is 5.10 Å². The standard InChI is InChI=1S/C26H25Cl2F3N4O6/c27-12-6-13(28)8-14(7-12)35(18-2-1-3-19(18)37)26(40)25-24(39)22(23(38)20(10-36)41-25)34-9-17(32-33-34)11-4-15(29)21(31)16(30)5-11/h4-9,18-20,22-25,36-39H,1-3,10H2/t18-,19-,20?,22?,23?,24?,25?/m0/s1. The first-order valence-corrected chi connectivity index (χ1v) is 13.4. The molecule has 3 aromatic rings. The van der Waals surface area contributed by atoms with Gasteiger partial charge < -0.3 is 30.1 Å². The maximum Gasteiger partial charge on any atom is 0.259 e. The number of amides is 1. The maximum atomic E-state index is 14.1. The number of carbonyl (C=O) groups excluding carboxylic acids is 1. The van der Waals surface area contributed by atoms with Gasteiger partial charge in [-0.2, -0.15) is 0 Å². The lowest BCUT2D eigenvalue weighted by Gasteiger charge is -2.43. The molecule has 0 radical (unpaired) electrons. The minimum absolute atomic E-state index is 0.124. The lowest BCUT2D eigenvalue weighted by Crippen LogP contribution is -2.62. The average molecular weight is 617 g/mol. The molecule has 41 heavy (non-hydrogen) atoms. The molecule has 1 aromatic heterocycles. The van der Waals surface area contributed by atoms with Crippen LogP contribution >= 0.6 is 23.2 Å². The van der Waals surface area contributed by atoms with Crippen LogP contribution in [0, 0.1) is 17.5 Å². The van der Waals surface area contributed by atoms with Crippen molar-refractivity contribution in [2.24, 2.45) is 0 Å². The molecule has 15 heteroatoms. The van der Waals surface area contributed by atoms with E-state index in [-0.39, 0.29) is 27.0 Å². The van der Waals surface area contributed by atoms with Crippen LogP contribution in [0.4, 0.5) is 18.9 Å². The highest BCUT2D eigenvalue weighted by molar-refractivity contribution is 6.35. The summed E-state index contributed by atoms with van der Waals surface area (Å²) in [6.07, 6.45) is -4.75. The Morgan fingerprint density at radius 3 is 2.27 bits per heavy atom.